The predicted octanol–water partition coefficient (Wildman–Crippen LogP) is 1.89. The molecule has 2 aromatic rings. The topological polar surface area (TPSA) is 51.3 Å². The lowest BCUT2D eigenvalue weighted by molar-refractivity contribution is 0.0595. The molecule has 16 heavy (non-hydrogen) atoms. The molecule has 0 spiro atoms. The summed E-state index contributed by atoms with van der Waals surface area (Å²) in [5.41, 5.74) is 2.56. The van der Waals surface area contributed by atoms with Gasteiger partial charge in [0.25, 0.3) is 0 Å². The molecule has 0 saturated carbocycles. The minimum absolute atomic E-state index is 0.358. The average molecular weight is 217 g/mol. The van der Waals surface area contributed by atoms with E-state index in [9.17, 15) is 4.79 Å². The van der Waals surface area contributed by atoms with Gasteiger partial charge < -0.3 is 14.5 Å². The van der Waals surface area contributed by atoms with E-state index in [1.165, 1.54) is 12.7 Å². The SMILES string of the molecule is COC(=O)c1cc2c3c(ccc2[nH]1)CCO3. The highest BCUT2D eigenvalue weighted by Crippen LogP contribution is 2.34. The highest BCUT2D eigenvalue weighted by Gasteiger charge is 2.18. The van der Waals surface area contributed by atoms with Crippen molar-refractivity contribution >= 4 is 16.9 Å². The fourth-order valence-electron chi connectivity index (χ4n) is 2.07. The van der Waals surface area contributed by atoms with Crippen LogP contribution in [0.2, 0.25) is 0 Å². The highest BCUT2D eigenvalue weighted by atomic mass is 16.5. The summed E-state index contributed by atoms with van der Waals surface area (Å²) in [5.74, 6) is 0.534. The van der Waals surface area contributed by atoms with Crippen LogP contribution in [-0.4, -0.2) is 24.7 Å². The van der Waals surface area contributed by atoms with Gasteiger partial charge in [-0.1, -0.05) is 6.07 Å². The number of aromatic nitrogens is 1. The first-order valence-corrected chi connectivity index (χ1v) is 5.15. The quantitative estimate of drug-likeness (QED) is 0.742. The number of methoxy groups -OCH3 is 1. The molecule has 1 aromatic carbocycles. The summed E-state index contributed by atoms with van der Waals surface area (Å²) in [5, 5.41) is 0.954. The van der Waals surface area contributed by atoms with Gasteiger partial charge in [0.05, 0.1) is 13.7 Å². The van der Waals surface area contributed by atoms with Crippen molar-refractivity contribution in [1.29, 1.82) is 0 Å². The van der Waals surface area contributed by atoms with E-state index >= 15 is 0 Å². The maximum atomic E-state index is 11.4. The van der Waals surface area contributed by atoms with E-state index in [0.717, 1.165) is 23.1 Å². The average Bonchev–Trinajstić information content (AvgIpc) is 2.92. The molecular weight excluding hydrogens is 206 g/mol. The van der Waals surface area contributed by atoms with Gasteiger partial charge in [0.1, 0.15) is 11.4 Å². The summed E-state index contributed by atoms with van der Waals surface area (Å²) in [6.07, 6.45) is 0.935. The Balaban J connectivity index is 2.21. The van der Waals surface area contributed by atoms with Crippen molar-refractivity contribution in [3.63, 3.8) is 0 Å². The fraction of sp³-hybridized carbons (Fsp3) is 0.250. The Morgan fingerprint density at radius 3 is 3.19 bits per heavy atom. The van der Waals surface area contributed by atoms with E-state index in [0.29, 0.717) is 12.3 Å². The Labute approximate surface area is 92.2 Å². The van der Waals surface area contributed by atoms with Crippen LogP contribution in [0.25, 0.3) is 10.9 Å². The van der Waals surface area contributed by atoms with Gasteiger partial charge in [-0.05, 0) is 17.7 Å². The molecule has 4 nitrogen and oxygen atoms in total. The van der Waals surface area contributed by atoms with Gasteiger partial charge in [0, 0.05) is 17.3 Å². The first kappa shape index (κ1) is 9.27. The van der Waals surface area contributed by atoms with Gasteiger partial charge in [-0.25, -0.2) is 4.79 Å². The molecule has 0 aliphatic carbocycles. The number of esters is 1. The van der Waals surface area contributed by atoms with Gasteiger partial charge in [0.2, 0.25) is 0 Å². The highest BCUT2D eigenvalue weighted by molar-refractivity contribution is 5.97. The summed E-state index contributed by atoms with van der Waals surface area (Å²) >= 11 is 0. The number of carbonyl (C=O) groups is 1. The van der Waals surface area contributed by atoms with Gasteiger partial charge in [-0.2, -0.15) is 0 Å². The zero-order valence-electron chi connectivity index (χ0n) is 8.87. The van der Waals surface area contributed by atoms with Gasteiger partial charge >= 0.3 is 5.97 Å². The van der Waals surface area contributed by atoms with Gasteiger partial charge in [0.15, 0.2) is 0 Å². The molecule has 0 saturated heterocycles. The van der Waals surface area contributed by atoms with Crippen molar-refractivity contribution in [2.75, 3.05) is 13.7 Å². The second-order valence-electron chi connectivity index (χ2n) is 3.79. The Bertz CT molecular complexity index is 571. The molecule has 0 bridgehead atoms. The molecule has 2 heterocycles. The van der Waals surface area contributed by atoms with Crippen molar-refractivity contribution in [3.05, 3.63) is 29.5 Å². The molecular formula is C12H11NO3. The van der Waals surface area contributed by atoms with Crippen LogP contribution in [0.15, 0.2) is 18.2 Å². The van der Waals surface area contributed by atoms with Crippen LogP contribution in [0.5, 0.6) is 5.75 Å². The second-order valence-corrected chi connectivity index (χ2v) is 3.79. The van der Waals surface area contributed by atoms with E-state index in [2.05, 4.69) is 9.72 Å². The zero-order valence-corrected chi connectivity index (χ0v) is 8.87. The lowest BCUT2D eigenvalue weighted by Crippen LogP contribution is -2.00. The Morgan fingerprint density at radius 2 is 2.38 bits per heavy atom. The number of H-pyrrole nitrogens is 1. The molecule has 4 heteroatoms. The van der Waals surface area contributed by atoms with Crippen LogP contribution in [-0.2, 0) is 11.2 Å². The number of hydrogen-bond acceptors (Lipinski definition) is 3. The molecule has 1 aromatic heterocycles. The predicted molar refractivity (Wildman–Crippen MR) is 58.8 cm³/mol. The number of aromatic amines is 1. The zero-order chi connectivity index (χ0) is 11.1. The van der Waals surface area contributed by atoms with Crippen molar-refractivity contribution in [2.45, 2.75) is 6.42 Å². The normalized spacial score (nSPS) is 13.6. The smallest absolute Gasteiger partial charge is 0.354 e. The lowest BCUT2D eigenvalue weighted by Gasteiger charge is -1.99. The van der Waals surface area contributed by atoms with Crippen LogP contribution >= 0.6 is 0 Å². The minimum atomic E-state index is -0.358. The molecule has 1 aliphatic rings. The molecule has 0 atom stereocenters. The maximum Gasteiger partial charge on any atom is 0.354 e. The van der Waals surface area contributed by atoms with Crippen molar-refractivity contribution in [3.8, 4) is 5.75 Å². The lowest BCUT2D eigenvalue weighted by atomic mass is 10.1. The third kappa shape index (κ3) is 1.19. The molecule has 0 radical (unpaired) electrons. The summed E-state index contributed by atoms with van der Waals surface area (Å²) in [7, 11) is 1.37. The van der Waals surface area contributed by atoms with Crippen LogP contribution in [0.3, 0.4) is 0 Å². The number of ether oxygens (including phenoxy) is 2. The van der Waals surface area contributed by atoms with Gasteiger partial charge in [-0.15, -0.1) is 0 Å². The van der Waals surface area contributed by atoms with Crippen LogP contribution in [0.1, 0.15) is 16.1 Å². The Morgan fingerprint density at radius 1 is 1.50 bits per heavy atom. The number of hydrogen-bond donors (Lipinski definition) is 1. The summed E-state index contributed by atoms with van der Waals surface area (Å²) in [6.45, 7) is 0.715. The van der Waals surface area contributed by atoms with Crippen molar-refractivity contribution in [1.82, 2.24) is 4.98 Å². The largest absolute Gasteiger partial charge is 0.492 e. The molecule has 1 N–H and O–H groups in total. The molecule has 0 fully saturated rings. The standard InChI is InChI=1S/C12H11NO3/c1-15-12(14)10-6-8-9(13-10)3-2-7-4-5-16-11(7)8/h2-3,6,13H,4-5H2,1H3. The van der Waals surface area contributed by atoms with Crippen molar-refractivity contribution in [2.24, 2.45) is 0 Å². The first-order chi connectivity index (χ1) is 7.79. The number of carbonyl (C=O) groups excluding carboxylic acids is 1. The summed E-state index contributed by atoms with van der Waals surface area (Å²) in [4.78, 5) is 14.4. The number of rotatable bonds is 1. The van der Waals surface area contributed by atoms with E-state index in [-0.39, 0.29) is 5.97 Å². The first-order valence-electron chi connectivity index (χ1n) is 5.15. The van der Waals surface area contributed by atoms with Crippen molar-refractivity contribution < 1.29 is 14.3 Å². The van der Waals surface area contributed by atoms with E-state index < -0.39 is 0 Å². The summed E-state index contributed by atoms with van der Waals surface area (Å²) in [6, 6.07) is 5.78. The fourth-order valence-corrected chi connectivity index (χ4v) is 2.07. The monoisotopic (exact) mass is 217 g/mol. The maximum absolute atomic E-state index is 11.4. The Hall–Kier alpha value is -1.97. The van der Waals surface area contributed by atoms with E-state index in [1.807, 2.05) is 12.1 Å². The molecule has 1 aliphatic heterocycles. The minimum Gasteiger partial charge on any atom is -0.492 e. The molecule has 3 rings (SSSR count). The molecule has 82 valence electrons. The Kier molecular flexibility index (Phi) is 1.89. The number of fused-ring (bicyclic) bond motifs is 3. The van der Waals surface area contributed by atoms with E-state index in [4.69, 9.17) is 4.74 Å². The third-order valence-electron chi connectivity index (χ3n) is 2.86. The molecule has 0 amide bonds. The van der Waals surface area contributed by atoms with Crippen LogP contribution in [0, 0.1) is 0 Å². The van der Waals surface area contributed by atoms with Crippen LogP contribution in [0.4, 0.5) is 0 Å². The number of nitrogens with one attached hydrogen (secondary N) is 1. The summed E-state index contributed by atoms with van der Waals surface area (Å²) < 4.78 is 10.2. The second kappa shape index (κ2) is 3.27. The van der Waals surface area contributed by atoms with Gasteiger partial charge in [-0.3, -0.25) is 0 Å². The third-order valence-corrected chi connectivity index (χ3v) is 2.86. The number of benzene rings is 1. The van der Waals surface area contributed by atoms with E-state index in [1.54, 1.807) is 6.07 Å². The van der Waals surface area contributed by atoms with Crippen LogP contribution < -0.4 is 4.74 Å². The molecule has 0 unspecified atom stereocenters.